The van der Waals surface area contributed by atoms with Gasteiger partial charge in [0.2, 0.25) is 10.0 Å². The lowest BCUT2D eigenvalue weighted by molar-refractivity contribution is 0.0848. The van der Waals surface area contributed by atoms with Crippen molar-refractivity contribution in [1.29, 1.82) is 0 Å². The molecule has 6 nitrogen and oxygen atoms in total. The highest BCUT2D eigenvalue weighted by Gasteiger charge is 2.35. The number of fused-ring (bicyclic) bond motifs is 1. The molecular formula is C14H13N3O3S. The molecule has 0 unspecified atom stereocenters. The molecule has 0 saturated carbocycles. The summed E-state index contributed by atoms with van der Waals surface area (Å²) in [5.74, 6) is -0.687. The molecule has 1 amide bonds. The Balaban J connectivity index is 1.98. The van der Waals surface area contributed by atoms with Crippen LogP contribution in [0.1, 0.15) is 27.3 Å². The topological polar surface area (TPSA) is 80.2 Å². The number of benzene rings is 1. The second kappa shape index (κ2) is 4.92. The molecule has 0 spiro atoms. The number of aryl methyl sites for hydroxylation is 1. The first-order chi connectivity index (χ1) is 9.97. The fraction of sp³-hybridized carbons (Fsp3) is 0.214. The maximum Gasteiger partial charge on any atom is 0.268 e. The number of amides is 1. The molecule has 0 aliphatic carbocycles. The van der Waals surface area contributed by atoms with E-state index in [1.165, 1.54) is 6.20 Å². The Morgan fingerprint density at radius 2 is 1.95 bits per heavy atom. The van der Waals surface area contributed by atoms with Crippen molar-refractivity contribution in [2.45, 2.75) is 19.2 Å². The van der Waals surface area contributed by atoms with E-state index in [9.17, 15) is 13.2 Å². The lowest BCUT2D eigenvalue weighted by Crippen LogP contribution is -2.41. The summed E-state index contributed by atoms with van der Waals surface area (Å²) in [4.78, 5) is 20.6. The maximum absolute atomic E-state index is 12.4. The summed E-state index contributed by atoms with van der Waals surface area (Å²) in [6.07, 6.45) is 3.03. The second-order valence-electron chi connectivity index (χ2n) is 4.87. The zero-order valence-corrected chi connectivity index (χ0v) is 12.2. The van der Waals surface area contributed by atoms with Crippen molar-refractivity contribution >= 4 is 15.9 Å². The molecule has 1 aliphatic rings. The smallest absolute Gasteiger partial charge is 0.268 e. The number of rotatable bonds is 2. The molecule has 0 atom stereocenters. The van der Waals surface area contributed by atoms with Gasteiger partial charge in [-0.1, -0.05) is 18.2 Å². The van der Waals surface area contributed by atoms with Crippen molar-refractivity contribution in [3.63, 3.8) is 0 Å². The van der Waals surface area contributed by atoms with E-state index in [1.54, 1.807) is 37.4 Å². The van der Waals surface area contributed by atoms with Gasteiger partial charge in [-0.2, -0.15) is 0 Å². The average molecular weight is 303 g/mol. The highest BCUT2D eigenvalue weighted by atomic mass is 32.2. The summed E-state index contributed by atoms with van der Waals surface area (Å²) in [7, 11) is -3.68. The Kier molecular flexibility index (Phi) is 3.21. The first kappa shape index (κ1) is 13.7. The van der Waals surface area contributed by atoms with Crippen LogP contribution >= 0.6 is 0 Å². The molecule has 1 aromatic heterocycles. The van der Waals surface area contributed by atoms with Crippen molar-refractivity contribution in [1.82, 2.24) is 14.3 Å². The van der Waals surface area contributed by atoms with Gasteiger partial charge in [0.05, 0.1) is 29.9 Å². The van der Waals surface area contributed by atoms with Gasteiger partial charge in [0.25, 0.3) is 5.91 Å². The average Bonchev–Trinajstić information content (AvgIpc) is 2.45. The van der Waals surface area contributed by atoms with E-state index in [2.05, 4.69) is 9.97 Å². The molecule has 0 radical (unpaired) electrons. The van der Waals surface area contributed by atoms with E-state index in [-0.39, 0.29) is 12.3 Å². The number of hydrogen-bond acceptors (Lipinski definition) is 5. The second-order valence-corrected chi connectivity index (χ2v) is 6.77. The van der Waals surface area contributed by atoms with Crippen molar-refractivity contribution in [2.75, 3.05) is 0 Å². The van der Waals surface area contributed by atoms with Crippen molar-refractivity contribution in [3.05, 3.63) is 59.2 Å². The van der Waals surface area contributed by atoms with Crippen LogP contribution in [-0.4, -0.2) is 28.6 Å². The Morgan fingerprint density at radius 3 is 2.67 bits per heavy atom. The summed E-state index contributed by atoms with van der Waals surface area (Å²) in [5, 5.41) is 0. The third-order valence-corrected chi connectivity index (χ3v) is 4.93. The molecule has 0 saturated heterocycles. The lowest BCUT2D eigenvalue weighted by atomic mass is 10.1. The number of nitrogens with zero attached hydrogens (tertiary/aromatic N) is 3. The Morgan fingerprint density at radius 1 is 1.19 bits per heavy atom. The fourth-order valence-electron chi connectivity index (χ4n) is 2.21. The van der Waals surface area contributed by atoms with Gasteiger partial charge in [-0.05, 0) is 18.6 Å². The summed E-state index contributed by atoms with van der Waals surface area (Å²) >= 11 is 0. The Labute approximate surface area is 122 Å². The molecule has 1 aliphatic heterocycles. The third kappa shape index (κ3) is 2.52. The van der Waals surface area contributed by atoms with Crippen LogP contribution in [0.25, 0.3) is 0 Å². The summed E-state index contributed by atoms with van der Waals surface area (Å²) < 4.78 is 25.4. The first-order valence-electron chi connectivity index (χ1n) is 6.37. The fourth-order valence-corrected chi connectivity index (χ4v) is 3.69. The van der Waals surface area contributed by atoms with Gasteiger partial charge in [0, 0.05) is 11.8 Å². The normalized spacial score (nSPS) is 16.6. The minimum absolute atomic E-state index is 0.0945. The quantitative estimate of drug-likeness (QED) is 0.834. The monoisotopic (exact) mass is 303 g/mol. The Hall–Kier alpha value is -2.28. The van der Waals surface area contributed by atoms with Crippen LogP contribution in [0.2, 0.25) is 0 Å². The van der Waals surface area contributed by atoms with Crippen LogP contribution in [0, 0.1) is 6.92 Å². The number of carbonyl (C=O) groups is 1. The molecule has 108 valence electrons. The lowest BCUT2D eigenvalue weighted by Gasteiger charge is -2.27. The first-order valence-corrected chi connectivity index (χ1v) is 7.98. The van der Waals surface area contributed by atoms with Crippen LogP contribution in [0.15, 0.2) is 36.7 Å². The highest BCUT2D eigenvalue weighted by molar-refractivity contribution is 7.89. The summed E-state index contributed by atoms with van der Waals surface area (Å²) in [5.41, 5.74) is 2.13. The number of sulfonamides is 1. The van der Waals surface area contributed by atoms with Crippen molar-refractivity contribution < 1.29 is 13.2 Å². The maximum atomic E-state index is 12.4. The van der Waals surface area contributed by atoms with Crippen LogP contribution in [0.3, 0.4) is 0 Å². The van der Waals surface area contributed by atoms with E-state index in [1.807, 2.05) is 0 Å². The SMILES string of the molecule is Cc1cnc(CN2C(=O)c3ccccc3CS2(=O)=O)cn1. The molecule has 1 aromatic carbocycles. The number of aromatic nitrogens is 2. The van der Waals surface area contributed by atoms with Gasteiger partial charge in [0.1, 0.15) is 0 Å². The molecule has 0 bridgehead atoms. The zero-order valence-electron chi connectivity index (χ0n) is 11.4. The molecule has 2 aromatic rings. The molecule has 2 heterocycles. The molecule has 7 heteroatoms. The minimum atomic E-state index is -3.68. The van der Waals surface area contributed by atoms with Gasteiger partial charge in [-0.25, -0.2) is 12.7 Å². The molecule has 3 rings (SSSR count). The third-order valence-electron chi connectivity index (χ3n) is 3.29. The zero-order chi connectivity index (χ0) is 15.0. The Bertz CT molecular complexity index is 800. The van der Waals surface area contributed by atoms with Gasteiger partial charge in [-0.3, -0.25) is 14.8 Å². The molecule has 0 fully saturated rings. The molecule has 21 heavy (non-hydrogen) atoms. The van der Waals surface area contributed by atoms with E-state index in [0.29, 0.717) is 16.8 Å². The summed E-state index contributed by atoms with van der Waals surface area (Å²) in [6, 6.07) is 6.75. The van der Waals surface area contributed by atoms with Gasteiger partial charge >= 0.3 is 0 Å². The molecule has 0 N–H and O–H groups in total. The highest BCUT2D eigenvalue weighted by Crippen LogP contribution is 2.25. The largest absolute Gasteiger partial charge is 0.268 e. The summed E-state index contributed by atoms with van der Waals surface area (Å²) in [6.45, 7) is 1.69. The van der Waals surface area contributed by atoms with Crippen LogP contribution in [-0.2, 0) is 22.3 Å². The molecular weight excluding hydrogens is 290 g/mol. The van der Waals surface area contributed by atoms with Gasteiger partial charge in [0.15, 0.2) is 0 Å². The van der Waals surface area contributed by atoms with Crippen LogP contribution in [0.4, 0.5) is 0 Å². The van der Waals surface area contributed by atoms with Crippen LogP contribution < -0.4 is 0 Å². The predicted molar refractivity (Wildman–Crippen MR) is 75.7 cm³/mol. The predicted octanol–water partition coefficient (Wildman–Crippen LogP) is 1.27. The number of carbonyl (C=O) groups excluding carboxylic acids is 1. The minimum Gasteiger partial charge on any atom is -0.268 e. The van der Waals surface area contributed by atoms with Crippen molar-refractivity contribution in [3.8, 4) is 0 Å². The number of hydrogen-bond donors (Lipinski definition) is 0. The van der Waals surface area contributed by atoms with E-state index in [4.69, 9.17) is 0 Å². The van der Waals surface area contributed by atoms with E-state index >= 15 is 0 Å². The standard InChI is InChI=1S/C14H13N3O3S/c1-10-6-16-12(7-15-10)8-17-14(18)13-5-3-2-4-11(13)9-21(17,19)20/h2-7H,8-9H2,1H3. The van der Waals surface area contributed by atoms with E-state index < -0.39 is 15.9 Å². The van der Waals surface area contributed by atoms with Gasteiger partial charge < -0.3 is 0 Å². The van der Waals surface area contributed by atoms with Crippen molar-refractivity contribution in [2.24, 2.45) is 0 Å². The van der Waals surface area contributed by atoms with Crippen LogP contribution in [0.5, 0.6) is 0 Å². The van der Waals surface area contributed by atoms with E-state index in [0.717, 1.165) is 10.00 Å². The van der Waals surface area contributed by atoms with Gasteiger partial charge in [-0.15, -0.1) is 0 Å².